The Bertz CT molecular complexity index is 1580. The minimum absolute atomic E-state index is 0.717. The number of hydrogen-bond donors (Lipinski definition) is 0. The first-order valence-corrected chi connectivity index (χ1v) is 11.3. The summed E-state index contributed by atoms with van der Waals surface area (Å²) in [4.78, 5) is 11.5. The highest BCUT2D eigenvalue weighted by Crippen LogP contribution is 2.35. The zero-order chi connectivity index (χ0) is 21.7. The van der Waals surface area contributed by atoms with E-state index in [1.165, 1.54) is 38.2 Å². The van der Waals surface area contributed by atoms with E-state index in [-0.39, 0.29) is 0 Å². The molecular weight excluding hydrogens is 392 g/mol. The van der Waals surface area contributed by atoms with E-state index in [0.717, 1.165) is 36.7 Å². The molecule has 0 atom stereocenters. The normalized spacial score (nSPS) is 11.8. The van der Waals surface area contributed by atoms with Crippen molar-refractivity contribution in [1.82, 2.24) is 9.13 Å². The van der Waals surface area contributed by atoms with Gasteiger partial charge in [0, 0.05) is 50.4 Å². The maximum atomic E-state index is 11.5. The molecule has 0 fully saturated rings. The molecule has 0 saturated carbocycles. The van der Waals surface area contributed by atoms with E-state index in [9.17, 15) is 4.79 Å². The molecule has 2 aromatic heterocycles. The van der Waals surface area contributed by atoms with Gasteiger partial charge in [-0.25, -0.2) is 0 Å². The van der Waals surface area contributed by atoms with Crippen LogP contribution in [-0.4, -0.2) is 15.4 Å². The average Bonchev–Trinajstić information content (AvgIpc) is 3.34. The van der Waals surface area contributed by atoms with Crippen molar-refractivity contribution in [3.8, 4) is 5.69 Å². The van der Waals surface area contributed by atoms with E-state index >= 15 is 0 Å². The van der Waals surface area contributed by atoms with Gasteiger partial charge in [0.1, 0.15) is 6.29 Å². The number of carbonyl (C=O) groups excluding carboxylic acids is 1. The number of para-hydroxylation sites is 2. The number of aromatic nitrogens is 2. The molecule has 0 saturated heterocycles. The summed E-state index contributed by atoms with van der Waals surface area (Å²) in [5, 5.41) is 4.86. The van der Waals surface area contributed by atoms with Gasteiger partial charge in [-0.3, -0.25) is 4.79 Å². The highest BCUT2D eigenvalue weighted by atomic mass is 16.1. The van der Waals surface area contributed by atoms with E-state index in [0.29, 0.717) is 5.56 Å². The molecule has 0 amide bonds. The molecule has 0 unspecified atom stereocenters. The number of aryl methyl sites for hydroxylation is 1. The summed E-state index contributed by atoms with van der Waals surface area (Å²) in [6, 6.07) is 30.0. The Balaban J connectivity index is 1.69. The first-order chi connectivity index (χ1) is 15.8. The number of fused-ring (bicyclic) bond motifs is 6. The lowest BCUT2D eigenvalue weighted by Gasteiger charge is -2.10. The third-order valence-corrected chi connectivity index (χ3v) is 6.58. The van der Waals surface area contributed by atoms with Crippen molar-refractivity contribution < 1.29 is 4.79 Å². The van der Waals surface area contributed by atoms with Gasteiger partial charge in [0.25, 0.3) is 0 Å². The van der Waals surface area contributed by atoms with Crippen LogP contribution in [0.2, 0.25) is 0 Å². The van der Waals surface area contributed by atoms with E-state index in [1.807, 2.05) is 12.1 Å². The Morgan fingerprint density at radius 3 is 1.97 bits per heavy atom. The highest BCUT2D eigenvalue weighted by molar-refractivity contribution is 6.12. The summed E-state index contributed by atoms with van der Waals surface area (Å²) in [6.45, 7) is 3.20. The molecule has 3 nitrogen and oxygen atoms in total. The molecule has 156 valence electrons. The summed E-state index contributed by atoms with van der Waals surface area (Å²) in [5.74, 6) is 0. The quantitative estimate of drug-likeness (QED) is 0.267. The predicted molar refractivity (Wildman–Crippen MR) is 134 cm³/mol. The fraction of sp³-hybridized carbons (Fsp3) is 0.138. The van der Waals surface area contributed by atoms with Crippen molar-refractivity contribution in [2.45, 2.75) is 26.3 Å². The minimum atomic E-state index is 0.717. The van der Waals surface area contributed by atoms with Crippen LogP contribution in [0.5, 0.6) is 0 Å². The number of unbranched alkanes of at least 4 members (excludes halogenated alkanes) is 1. The maximum Gasteiger partial charge on any atom is 0.150 e. The average molecular weight is 417 g/mol. The standard InChI is InChI=1S/C29H24N2O/c1-2-3-16-30-26-14-12-20(19-32)17-24(26)25-18-21(13-15-27(25)30)31-28-10-6-4-8-22(28)23-9-5-7-11-29(23)31/h4-15,17-19H,2-3,16H2,1H3. The van der Waals surface area contributed by atoms with Crippen molar-refractivity contribution >= 4 is 49.9 Å². The van der Waals surface area contributed by atoms with E-state index in [2.05, 4.69) is 88.9 Å². The molecule has 0 aliphatic heterocycles. The van der Waals surface area contributed by atoms with Gasteiger partial charge >= 0.3 is 0 Å². The van der Waals surface area contributed by atoms with Gasteiger partial charge in [0.15, 0.2) is 0 Å². The number of aldehydes is 1. The molecule has 0 radical (unpaired) electrons. The molecule has 2 heterocycles. The smallest absolute Gasteiger partial charge is 0.150 e. The highest BCUT2D eigenvalue weighted by Gasteiger charge is 2.15. The first kappa shape index (κ1) is 18.9. The third kappa shape index (κ3) is 2.71. The molecule has 6 aromatic rings. The Hall–Kier alpha value is -3.85. The SMILES string of the molecule is CCCCn1c2ccc(C=O)cc2c2cc(-n3c4ccccc4c4ccccc43)ccc21. The number of nitrogens with zero attached hydrogens (tertiary/aromatic N) is 2. The molecule has 0 aliphatic carbocycles. The Morgan fingerprint density at radius 2 is 1.31 bits per heavy atom. The molecule has 0 bridgehead atoms. The van der Waals surface area contributed by atoms with Crippen molar-refractivity contribution in [2.24, 2.45) is 0 Å². The molecule has 0 aliphatic rings. The van der Waals surface area contributed by atoms with Crippen LogP contribution in [0.25, 0.3) is 49.3 Å². The molecule has 6 rings (SSSR count). The topological polar surface area (TPSA) is 26.9 Å². The van der Waals surface area contributed by atoms with Crippen LogP contribution in [0.3, 0.4) is 0 Å². The van der Waals surface area contributed by atoms with Crippen LogP contribution < -0.4 is 0 Å². The van der Waals surface area contributed by atoms with Gasteiger partial charge in [-0.2, -0.15) is 0 Å². The third-order valence-electron chi connectivity index (χ3n) is 6.58. The van der Waals surface area contributed by atoms with Gasteiger partial charge < -0.3 is 9.13 Å². The molecule has 3 heteroatoms. The molecule has 32 heavy (non-hydrogen) atoms. The monoisotopic (exact) mass is 416 g/mol. The van der Waals surface area contributed by atoms with Crippen molar-refractivity contribution in [1.29, 1.82) is 0 Å². The number of rotatable bonds is 5. The zero-order valence-electron chi connectivity index (χ0n) is 18.1. The van der Waals surface area contributed by atoms with Gasteiger partial charge in [-0.1, -0.05) is 49.7 Å². The Labute approximate surface area is 186 Å². The second-order valence-electron chi connectivity index (χ2n) is 8.47. The van der Waals surface area contributed by atoms with Crippen LogP contribution in [0.15, 0.2) is 84.9 Å². The van der Waals surface area contributed by atoms with E-state index in [1.54, 1.807) is 0 Å². The lowest BCUT2D eigenvalue weighted by atomic mass is 10.1. The number of carbonyl (C=O) groups is 1. The zero-order valence-corrected chi connectivity index (χ0v) is 18.1. The first-order valence-electron chi connectivity index (χ1n) is 11.3. The van der Waals surface area contributed by atoms with Crippen LogP contribution >= 0.6 is 0 Å². The molecule has 0 spiro atoms. The van der Waals surface area contributed by atoms with Crippen LogP contribution in [0.4, 0.5) is 0 Å². The fourth-order valence-electron chi connectivity index (χ4n) is 5.08. The molecule has 4 aromatic carbocycles. The Kier molecular flexibility index (Phi) is 4.36. The summed E-state index contributed by atoms with van der Waals surface area (Å²) in [6.07, 6.45) is 3.21. The lowest BCUT2D eigenvalue weighted by Crippen LogP contribution is -1.98. The Morgan fingerprint density at radius 1 is 0.688 bits per heavy atom. The predicted octanol–water partition coefficient (Wildman–Crippen LogP) is 7.50. The number of benzene rings is 4. The second-order valence-corrected chi connectivity index (χ2v) is 8.47. The van der Waals surface area contributed by atoms with Crippen molar-refractivity contribution in [3.63, 3.8) is 0 Å². The van der Waals surface area contributed by atoms with E-state index < -0.39 is 0 Å². The van der Waals surface area contributed by atoms with Crippen molar-refractivity contribution in [3.05, 3.63) is 90.5 Å². The lowest BCUT2D eigenvalue weighted by molar-refractivity contribution is 0.112. The summed E-state index contributed by atoms with van der Waals surface area (Å²) < 4.78 is 4.75. The minimum Gasteiger partial charge on any atom is -0.340 e. The molecular formula is C29H24N2O. The number of hydrogen-bond acceptors (Lipinski definition) is 1. The van der Waals surface area contributed by atoms with Crippen LogP contribution in [0, 0.1) is 0 Å². The van der Waals surface area contributed by atoms with Gasteiger partial charge in [-0.15, -0.1) is 0 Å². The van der Waals surface area contributed by atoms with Crippen LogP contribution in [0.1, 0.15) is 30.1 Å². The maximum absolute atomic E-state index is 11.5. The van der Waals surface area contributed by atoms with Gasteiger partial charge in [0.2, 0.25) is 0 Å². The summed E-state index contributed by atoms with van der Waals surface area (Å²) in [5.41, 5.74) is 6.68. The summed E-state index contributed by atoms with van der Waals surface area (Å²) in [7, 11) is 0. The van der Waals surface area contributed by atoms with Gasteiger partial charge in [-0.05, 0) is 55.0 Å². The van der Waals surface area contributed by atoms with Crippen molar-refractivity contribution in [2.75, 3.05) is 0 Å². The summed E-state index contributed by atoms with van der Waals surface area (Å²) >= 11 is 0. The largest absolute Gasteiger partial charge is 0.340 e. The molecule has 0 N–H and O–H groups in total. The van der Waals surface area contributed by atoms with Crippen LogP contribution in [-0.2, 0) is 6.54 Å². The van der Waals surface area contributed by atoms with E-state index in [4.69, 9.17) is 0 Å². The second kappa shape index (κ2) is 7.38. The van der Waals surface area contributed by atoms with Gasteiger partial charge in [0.05, 0.1) is 11.0 Å². The fourth-order valence-corrected chi connectivity index (χ4v) is 5.08.